The van der Waals surface area contributed by atoms with Gasteiger partial charge >= 0.3 is 0 Å². The van der Waals surface area contributed by atoms with Crippen LogP contribution in [0, 0.1) is 12.7 Å². The lowest BCUT2D eigenvalue weighted by Gasteiger charge is -2.31. The van der Waals surface area contributed by atoms with Crippen LogP contribution >= 0.6 is 0 Å². The minimum Gasteiger partial charge on any atom is -0.367 e. The average molecular weight is 355 g/mol. The molecule has 1 saturated heterocycles. The Kier molecular flexibility index (Phi) is 4.93. The fraction of sp³-hybridized carbons (Fsp3) is 0.467. The number of hydrogen-bond donors (Lipinski definition) is 0. The van der Waals surface area contributed by atoms with E-state index in [0.29, 0.717) is 24.7 Å². The highest BCUT2D eigenvalue weighted by Crippen LogP contribution is 2.24. The summed E-state index contributed by atoms with van der Waals surface area (Å²) in [6, 6.07) is 5.38. The summed E-state index contributed by atoms with van der Waals surface area (Å²) in [5.74, 6) is 0.115. The molecule has 0 saturated carbocycles. The van der Waals surface area contributed by atoms with E-state index in [1.54, 1.807) is 6.92 Å². The van der Waals surface area contributed by atoms with Gasteiger partial charge in [-0.2, -0.15) is 9.29 Å². The van der Waals surface area contributed by atoms with Gasteiger partial charge in [0.1, 0.15) is 17.3 Å². The van der Waals surface area contributed by atoms with Crippen molar-refractivity contribution in [3.63, 3.8) is 0 Å². The van der Waals surface area contributed by atoms with E-state index >= 15 is 0 Å². The van der Waals surface area contributed by atoms with E-state index in [9.17, 15) is 12.8 Å². The maximum Gasteiger partial charge on any atom is 0.252 e. The number of rotatable bonds is 5. The van der Waals surface area contributed by atoms with Gasteiger partial charge in [0.2, 0.25) is 10.0 Å². The Morgan fingerprint density at radius 2 is 2.21 bits per heavy atom. The molecular weight excluding hydrogens is 337 g/mol. The molecule has 0 amide bonds. The maximum atomic E-state index is 13.8. The van der Waals surface area contributed by atoms with E-state index in [4.69, 9.17) is 9.26 Å². The van der Waals surface area contributed by atoms with E-state index < -0.39 is 15.8 Å². The molecule has 0 radical (unpaired) electrons. The maximum absolute atomic E-state index is 13.8. The molecule has 1 aliphatic heterocycles. The van der Waals surface area contributed by atoms with Crippen LogP contribution in [-0.4, -0.2) is 42.1 Å². The fourth-order valence-electron chi connectivity index (χ4n) is 2.64. The number of benzene rings is 1. The molecule has 9 heteroatoms. The topological polar surface area (TPSA) is 85.5 Å². The molecule has 7 nitrogen and oxygen atoms in total. The second-order valence-electron chi connectivity index (χ2n) is 5.60. The highest BCUT2D eigenvalue weighted by atomic mass is 32.2. The number of piperidine rings is 1. The van der Waals surface area contributed by atoms with Crippen molar-refractivity contribution in [2.45, 2.75) is 37.4 Å². The van der Waals surface area contributed by atoms with E-state index in [2.05, 4.69) is 10.1 Å². The number of aryl methyl sites for hydroxylation is 1. The van der Waals surface area contributed by atoms with Crippen molar-refractivity contribution in [2.24, 2.45) is 0 Å². The van der Waals surface area contributed by atoms with Gasteiger partial charge in [-0.15, -0.1) is 0 Å². The third-order valence-corrected chi connectivity index (χ3v) is 5.71. The van der Waals surface area contributed by atoms with Gasteiger partial charge in [0, 0.05) is 13.1 Å². The minimum atomic E-state index is -3.88. The molecule has 0 spiro atoms. The van der Waals surface area contributed by atoms with Crippen LogP contribution in [0.2, 0.25) is 0 Å². The predicted molar refractivity (Wildman–Crippen MR) is 82.0 cm³/mol. The summed E-state index contributed by atoms with van der Waals surface area (Å²) in [4.78, 5) is 3.73. The Labute approximate surface area is 139 Å². The van der Waals surface area contributed by atoms with Crippen LogP contribution in [0.25, 0.3) is 0 Å². The summed E-state index contributed by atoms with van der Waals surface area (Å²) in [5, 5.41) is 3.67. The van der Waals surface area contributed by atoms with Crippen molar-refractivity contribution in [1.29, 1.82) is 0 Å². The predicted octanol–water partition coefficient (Wildman–Crippen LogP) is 1.89. The average Bonchev–Trinajstić information content (AvgIpc) is 2.99. The summed E-state index contributed by atoms with van der Waals surface area (Å²) in [5.41, 5.74) is 0. The second-order valence-corrected chi connectivity index (χ2v) is 7.51. The molecule has 0 unspecified atom stereocenters. The molecule has 2 heterocycles. The second kappa shape index (κ2) is 6.96. The highest BCUT2D eigenvalue weighted by molar-refractivity contribution is 7.89. The Bertz CT molecular complexity index is 809. The molecule has 1 aromatic carbocycles. The zero-order valence-corrected chi connectivity index (χ0v) is 14.0. The first-order valence-corrected chi connectivity index (χ1v) is 9.06. The van der Waals surface area contributed by atoms with E-state index in [1.165, 1.54) is 22.5 Å². The molecule has 24 heavy (non-hydrogen) atoms. The van der Waals surface area contributed by atoms with Crippen molar-refractivity contribution in [2.75, 3.05) is 13.1 Å². The van der Waals surface area contributed by atoms with Gasteiger partial charge < -0.3 is 9.26 Å². The number of aromatic nitrogens is 2. The van der Waals surface area contributed by atoms with Crippen molar-refractivity contribution in [1.82, 2.24) is 14.4 Å². The van der Waals surface area contributed by atoms with Crippen molar-refractivity contribution >= 4 is 10.0 Å². The lowest BCUT2D eigenvalue weighted by molar-refractivity contribution is -0.00299. The summed E-state index contributed by atoms with van der Waals surface area (Å²) in [7, 11) is -3.88. The molecule has 0 aliphatic carbocycles. The van der Waals surface area contributed by atoms with Crippen LogP contribution in [0.3, 0.4) is 0 Å². The molecule has 0 N–H and O–H groups in total. The first-order chi connectivity index (χ1) is 11.5. The van der Waals surface area contributed by atoms with Gasteiger partial charge in [-0.05, 0) is 31.9 Å². The Hall–Kier alpha value is -1.84. The van der Waals surface area contributed by atoms with E-state index in [0.717, 1.165) is 12.5 Å². The standard InChI is InChI=1S/C15H18FN3O4S/c1-11-17-15(23-18-11)10-22-12-5-4-8-19(9-12)24(20,21)14-7-3-2-6-13(14)16/h2-3,6-7,12H,4-5,8-10H2,1H3/t12-/m0/s1. The molecule has 2 aromatic rings. The molecule has 1 aliphatic rings. The van der Waals surface area contributed by atoms with Crippen LogP contribution in [0.4, 0.5) is 4.39 Å². The summed E-state index contributed by atoms with van der Waals surface area (Å²) in [6.07, 6.45) is 1.06. The zero-order chi connectivity index (χ0) is 17.2. The molecule has 1 atom stereocenters. The summed E-state index contributed by atoms with van der Waals surface area (Å²) in [6.45, 7) is 2.34. The molecule has 0 bridgehead atoms. The van der Waals surface area contributed by atoms with Crippen LogP contribution in [0.1, 0.15) is 24.6 Å². The molecule has 1 aromatic heterocycles. The Morgan fingerprint density at radius 1 is 1.42 bits per heavy atom. The Morgan fingerprint density at radius 3 is 2.92 bits per heavy atom. The van der Waals surface area contributed by atoms with Crippen LogP contribution < -0.4 is 0 Å². The summed E-state index contributed by atoms with van der Waals surface area (Å²) < 4.78 is 51.0. The fourth-order valence-corrected chi connectivity index (χ4v) is 4.22. The zero-order valence-electron chi connectivity index (χ0n) is 13.2. The number of hydrogen-bond acceptors (Lipinski definition) is 6. The molecule has 3 rings (SSSR count). The monoisotopic (exact) mass is 355 g/mol. The number of nitrogens with zero attached hydrogens (tertiary/aromatic N) is 3. The van der Waals surface area contributed by atoms with Crippen LogP contribution in [0.5, 0.6) is 0 Å². The highest BCUT2D eigenvalue weighted by Gasteiger charge is 2.32. The largest absolute Gasteiger partial charge is 0.367 e. The van der Waals surface area contributed by atoms with Gasteiger partial charge in [0.05, 0.1) is 6.10 Å². The number of sulfonamides is 1. The van der Waals surface area contributed by atoms with Crippen molar-refractivity contribution < 1.29 is 22.1 Å². The normalized spacial score (nSPS) is 19.5. The number of ether oxygens (including phenoxy) is 1. The van der Waals surface area contributed by atoms with Gasteiger partial charge in [-0.1, -0.05) is 17.3 Å². The SMILES string of the molecule is Cc1noc(CO[C@H]2CCCN(S(=O)(=O)c3ccccc3F)C2)n1. The van der Waals surface area contributed by atoms with Crippen molar-refractivity contribution in [3.8, 4) is 0 Å². The number of halogens is 1. The van der Waals surface area contributed by atoms with Crippen LogP contribution in [0.15, 0.2) is 33.7 Å². The molecular formula is C15H18FN3O4S. The summed E-state index contributed by atoms with van der Waals surface area (Å²) >= 11 is 0. The molecule has 130 valence electrons. The van der Waals surface area contributed by atoms with Gasteiger partial charge in [-0.25, -0.2) is 12.8 Å². The quantitative estimate of drug-likeness (QED) is 0.814. The van der Waals surface area contributed by atoms with Gasteiger partial charge in [-0.3, -0.25) is 0 Å². The Balaban J connectivity index is 1.67. The first kappa shape index (κ1) is 17.0. The van der Waals surface area contributed by atoms with E-state index in [1.807, 2.05) is 0 Å². The third kappa shape index (κ3) is 3.63. The first-order valence-electron chi connectivity index (χ1n) is 7.62. The lowest BCUT2D eigenvalue weighted by atomic mass is 10.1. The van der Waals surface area contributed by atoms with Crippen molar-refractivity contribution in [3.05, 3.63) is 41.8 Å². The molecule has 1 fully saturated rings. The lowest BCUT2D eigenvalue weighted by Crippen LogP contribution is -2.43. The third-order valence-electron chi connectivity index (χ3n) is 3.81. The van der Waals surface area contributed by atoms with Gasteiger partial charge in [0.25, 0.3) is 5.89 Å². The minimum absolute atomic E-state index is 0.124. The van der Waals surface area contributed by atoms with Gasteiger partial charge in [0.15, 0.2) is 5.82 Å². The van der Waals surface area contributed by atoms with Crippen LogP contribution in [-0.2, 0) is 21.4 Å². The van der Waals surface area contributed by atoms with E-state index in [-0.39, 0.29) is 24.2 Å². The smallest absolute Gasteiger partial charge is 0.252 e.